The fourth-order valence-corrected chi connectivity index (χ4v) is 3.73. The number of aryl methyl sites for hydroxylation is 1. The van der Waals surface area contributed by atoms with Crippen molar-refractivity contribution in [2.45, 2.75) is 43.0 Å². The Labute approximate surface area is 147 Å². The van der Waals surface area contributed by atoms with E-state index in [1.165, 1.54) is 0 Å². The molecule has 0 spiro atoms. The second-order valence-corrected chi connectivity index (χ2v) is 7.64. The van der Waals surface area contributed by atoms with Gasteiger partial charge >= 0.3 is 0 Å². The summed E-state index contributed by atoms with van der Waals surface area (Å²) in [6.07, 6.45) is 2.32. The first-order valence-electron chi connectivity index (χ1n) is 8.31. The lowest BCUT2D eigenvalue weighted by atomic mass is 10.2. The first-order chi connectivity index (χ1) is 12.2. The molecule has 0 aliphatic heterocycles. The number of nitrogens with zero attached hydrogens (tertiary/aromatic N) is 6. The van der Waals surface area contributed by atoms with Crippen LogP contribution in [0.25, 0.3) is 16.6 Å². The Morgan fingerprint density at radius 2 is 2.04 bits per heavy atom. The maximum Gasteiger partial charge on any atom is 0.239 e. The molecule has 7 nitrogen and oxygen atoms in total. The van der Waals surface area contributed by atoms with Crippen molar-refractivity contribution in [3.8, 4) is 0 Å². The third-order valence-corrected chi connectivity index (χ3v) is 5.32. The summed E-state index contributed by atoms with van der Waals surface area (Å²) in [6, 6.07) is 7.98. The highest BCUT2D eigenvalue weighted by Crippen LogP contribution is 2.40. The van der Waals surface area contributed by atoms with E-state index in [-0.39, 0.29) is 5.25 Å². The Bertz CT molecular complexity index is 1080. The fraction of sp³-hybridized carbons (Fsp3) is 0.353. The molecule has 1 atom stereocenters. The van der Waals surface area contributed by atoms with Gasteiger partial charge in [-0.3, -0.25) is 0 Å². The molecule has 0 N–H and O–H groups in total. The lowest BCUT2D eigenvalue weighted by Gasteiger charge is -2.08. The molecule has 1 aliphatic rings. The summed E-state index contributed by atoms with van der Waals surface area (Å²) in [5.74, 6) is 2.67. The summed E-state index contributed by atoms with van der Waals surface area (Å²) >= 11 is 1.55. The highest BCUT2D eigenvalue weighted by Gasteiger charge is 2.30. The Morgan fingerprint density at radius 3 is 2.88 bits per heavy atom. The summed E-state index contributed by atoms with van der Waals surface area (Å²) in [5.41, 5.74) is 1.73. The van der Waals surface area contributed by atoms with E-state index in [1.807, 2.05) is 38.1 Å². The molecule has 126 valence electrons. The van der Waals surface area contributed by atoms with Crippen molar-refractivity contribution in [1.82, 2.24) is 29.7 Å². The van der Waals surface area contributed by atoms with Crippen molar-refractivity contribution < 1.29 is 4.52 Å². The van der Waals surface area contributed by atoms with Crippen molar-refractivity contribution >= 4 is 28.3 Å². The normalized spacial score (nSPS) is 15.9. The first-order valence-corrected chi connectivity index (χ1v) is 9.19. The van der Waals surface area contributed by atoms with Crippen molar-refractivity contribution in [1.29, 1.82) is 0 Å². The van der Waals surface area contributed by atoms with Gasteiger partial charge in [-0.15, -0.1) is 5.10 Å². The molecule has 0 amide bonds. The topological polar surface area (TPSA) is 82.0 Å². The lowest BCUT2D eigenvalue weighted by molar-refractivity contribution is 0.374. The molecular weight excluding hydrogens is 336 g/mol. The number of benzene rings is 1. The minimum absolute atomic E-state index is 0.0126. The Morgan fingerprint density at radius 1 is 1.20 bits per heavy atom. The predicted molar refractivity (Wildman–Crippen MR) is 93.6 cm³/mol. The smallest absolute Gasteiger partial charge is 0.239 e. The van der Waals surface area contributed by atoms with Gasteiger partial charge in [-0.25, -0.2) is 9.97 Å². The monoisotopic (exact) mass is 352 g/mol. The first kappa shape index (κ1) is 14.8. The average Bonchev–Trinajstić information content (AvgIpc) is 3.19. The van der Waals surface area contributed by atoms with E-state index >= 15 is 0 Å². The van der Waals surface area contributed by atoms with Gasteiger partial charge in [0, 0.05) is 11.3 Å². The van der Waals surface area contributed by atoms with Crippen molar-refractivity contribution in [3.05, 3.63) is 41.8 Å². The maximum absolute atomic E-state index is 5.45. The number of thioether (sulfide) groups is 1. The molecule has 0 radical (unpaired) electrons. The van der Waals surface area contributed by atoms with Gasteiger partial charge in [0.1, 0.15) is 5.82 Å². The third-order valence-electron chi connectivity index (χ3n) is 4.29. The molecule has 0 saturated heterocycles. The molecule has 1 unspecified atom stereocenters. The molecule has 3 heterocycles. The van der Waals surface area contributed by atoms with Crippen LogP contribution in [0.2, 0.25) is 0 Å². The molecule has 3 aromatic heterocycles. The zero-order valence-corrected chi connectivity index (χ0v) is 14.7. The molecule has 4 aromatic rings. The summed E-state index contributed by atoms with van der Waals surface area (Å²) in [5, 5.41) is 10.4. The third kappa shape index (κ3) is 2.57. The van der Waals surface area contributed by atoms with Crippen LogP contribution < -0.4 is 0 Å². The Balaban J connectivity index is 1.56. The quantitative estimate of drug-likeness (QED) is 0.409. The molecule has 8 heteroatoms. The largest absolute Gasteiger partial charge is 0.338 e. The number of para-hydroxylation sites is 1. The minimum Gasteiger partial charge on any atom is -0.338 e. The van der Waals surface area contributed by atoms with E-state index in [9.17, 15) is 0 Å². The van der Waals surface area contributed by atoms with E-state index in [0.29, 0.717) is 11.8 Å². The van der Waals surface area contributed by atoms with Crippen LogP contribution in [0.15, 0.2) is 33.9 Å². The lowest BCUT2D eigenvalue weighted by Crippen LogP contribution is -2.00. The van der Waals surface area contributed by atoms with Crippen LogP contribution in [0, 0.1) is 6.92 Å². The standard InChI is InChI=1S/C17H16N6OS/c1-9(16-20-14(22-24-16)11-7-8-11)25-17-19-13-6-4-3-5-12(13)15-18-10(2)21-23(15)17/h3-6,9,11H,7-8H2,1-2H3. The van der Waals surface area contributed by atoms with Gasteiger partial charge in [-0.05, 0) is 38.8 Å². The van der Waals surface area contributed by atoms with Gasteiger partial charge in [0.05, 0.1) is 10.8 Å². The molecule has 1 aromatic carbocycles. The minimum atomic E-state index is -0.0126. The molecule has 0 bridgehead atoms. The van der Waals surface area contributed by atoms with Crippen LogP contribution in [-0.4, -0.2) is 29.7 Å². The van der Waals surface area contributed by atoms with Crippen LogP contribution in [-0.2, 0) is 0 Å². The summed E-state index contributed by atoms with van der Waals surface area (Å²) in [6.45, 7) is 3.93. The van der Waals surface area contributed by atoms with Gasteiger partial charge in [-0.2, -0.15) is 9.50 Å². The molecular formula is C17H16N6OS. The molecule has 1 fully saturated rings. The second-order valence-electron chi connectivity index (χ2n) is 6.33. The van der Waals surface area contributed by atoms with Gasteiger partial charge in [0.2, 0.25) is 5.89 Å². The second kappa shape index (κ2) is 5.52. The Hall–Kier alpha value is -2.48. The zero-order chi connectivity index (χ0) is 17.0. The predicted octanol–water partition coefficient (Wildman–Crippen LogP) is 3.70. The van der Waals surface area contributed by atoms with Crippen LogP contribution in [0.5, 0.6) is 0 Å². The number of hydrogen-bond donors (Lipinski definition) is 0. The maximum atomic E-state index is 5.45. The van der Waals surface area contributed by atoms with Gasteiger partial charge in [0.15, 0.2) is 16.6 Å². The van der Waals surface area contributed by atoms with Crippen LogP contribution in [0.1, 0.15) is 48.5 Å². The van der Waals surface area contributed by atoms with Gasteiger partial charge in [-0.1, -0.05) is 29.1 Å². The van der Waals surface area contributed by atoms with Crippen LogP contribution in [0.4, 0.5) is 0 Å². The van der Waals surface area contributed by atoms with E-state index < -0.39 is 0 Å². The summed E-state index contributed by atoms with van der Waals surface area (Å²) in [7, 11) is 0. The van der Waals surface area contributed by atoms with Gasteiger partial charge in [0.25, 0.3) is 0 Å². The average molecular weight is 352 g/mol. The Kier molecular flexibility index (Phi) is 3.27. The highest BCUT2D eigenvalue weighted by molar-refractivity contribution is 7.99. The highest BCUT2D eigenvalue weighted by atomic mass is 32.2. The molecule has 1 aliphatic carbocycles. The number of fused-ring (bicyclic) bond motifs is 3. The molecule has 1 saturated carbocycles. The van der Waals surface area contributed by atoms with Crippen molar-refractivity contribution in [2.24, 2.45) is 0 Å². The van der Waals surface area contributed by atoms with Crippen LogP contribution in [0.3, 0.4) is 0 Å². The van der Waals surface area contributed by atoms with E-state index in [4.69, 9.17) is 9.51 Å². The fourth-order valence-electron chi connectivity index (χ4n) is 2.84. The SMILES string of the molecule is Cc1nc2c3ccccc3nc(SC(C)c3nc(C4CC4)no3)n2n1. The zero-order valence-electron chi connectivity index (χ0n) is 13.9. The summed E-state index contributed by atoms with van der Waals surface area (Å²) < 4.78 is 7.25. The van der Waals surface area contributed by atoms with E-state index in [1.54, 1.807) is 16.3 Å². The van der Waals surface area contributed by atoms with Crippen LogP contribution >= 0.6 is 11.8 Å². The molecule has 25 heavy (non-hydrogen) atoms. The van der Waals surface area contributed by atoms with Crippen molar-refractivity contribution in [2.75, 3.05) is 0 Å². The summed E-state index contributed by atoms with van der Waals surface area (Å²) in [4.78, 5) is 13.9. The van der Waals surface area contributed by atoms with Crippen molar-refractivity contribution in [3.63, 3.8) is 0 Å². The number of aromatic nitrogens is 6. The van der Waals surface area contributed by atoms with Gasteiger partial charge < -0.3 is 4.52 Å². The van der Waals surface area contributed by atoms with E-state index in [0.717, 1.165) is 46.2 Å². The number of hydrogen-bond acceptors (Lipinski definition) is 7. The number of rotatable bonds is 4. The van der Waals surface area contributed by atoms with E-state index in [2.05, 4.69) is 20.2 Å². The molecule has 5 rings (SSSR count).